The van der Waals surface area contributed by atoms with Gasteiger partial charge in [0.2, 0.25) is 5.69 Å². The van der Waals surface area contributed by atoms with Gasteiger partial charge in [-0.05, 0) is 36.4 Å². The second-order valence-corrected chi connectivity index (χ2v) is 4.05. The highest BCUT2D eigenvalue weighted by molar-refractivity contribution is 5.76. The lowest BCUT2D eigenvalue weighted by atomic mass is 10.2. The highest BCUT2D eigenvalue weighted by Gasteiger charge is 2.02. The first-order chi connectivity index (χ1) is 9.69. The van der Waals surface area contributed by atoms with Gasteiger partial charge in [-0.3, -0.25) is 0 Å². The maximum atomic E-state index is 12.8. The summed E-state index contributed by atoms with van der Waals surface area (Å²) in [6.45, 7) is 0.173. The molecule has 20 heavy (non-hydrogen) atoms. The molecule has 0 unspecified atom stereocenters. The zero-order valence-electron chi connectivity index (χ0n) is 11.0. The van der Waals surface area contributed by atoms with Crippen molar-refractivity contribution in [2.24, 2.45) is 0 Å². The summed E-state index contributed by atoms with van der Waals surface area (Å²) in [6, 6.07) is 12.3. The molecule has 0 amide bonds. The quantitative estimate of drug-likeness (QED) is 0.277. The van der Waals surface area contributed by atoms with Crippen LogP contribution in [-0.2, 0) is 4.74 Å². The summed E-state index contributed by atoms with van der Waals surface area (Å²) in [7, 11) is 1.54. The van der Waals surface area contributed by atoms with Crippen LogP contribution in [0.1, 0.15) is 5.56 Å². The number of rotatable bonds is 5. The normalized spacial score (nSPS) is 11.4. The van der Waals surface area contributed by atoms with Gasteiger partial charge in [0.25, 0.3) is 0 Å². The Kier molecular flexibility index (Phi) is 4.68. The molecule has 0 spiro atoms. The maximum absolute atomic E-state index is 12.8. The molecule has 5 heteroatoms. The SMILES string of the molecule is COCOc1ccc(/C=[N+](\[O-])c2ccc(F)cc2)cc1. The van der Waals surface area contributed by atoms with Crippen LogP contribution < -0.4 is 4.74 Å². The molecule has 2 aromatic carbocycles. The van der Waals surface area contributed by atoms with Crippen LogP contribution in [0.25, 0.3) is 0 Å². The molecule has 0 heterocycles. The summed E-state index contributed by atoms with van der Waals surface area (Å²) in [5, 5.41) is 11.9. The average Bonchev–Trinajstić information content (AvgIpc) is 2.47. The molecule has 0 aliphatic rings. The minimum absolute atomic E-state index is 0.173. The molecule has 0 saturated heterocycles. The van der Waals surface area contributed by atoms with E-state index in [1.165, 1.54) is 30.5 Å². The van der Waals surface area contributed by atoms with Gasteiger partial charge in [0.1, 0.15) is 11.6 Å². The van der Waals surface area contributed by atoms with Crippen LogP contribution in [0.15, 0.2) is 48.5 Å². The van der Waals surface area contributed by atoms with Crippen LogP contribution in [0.3, 0.4) is 0 Å². The number of halogens is 1. The minimum atomic E-state index is -0.373. The molecule has 0 N–H and O–H groups in total. The Morgan fingerprint density at radius 2 is 1.75 bits per heavy atom. The van der Waals surface area contributed by atoms with Crippen molar-refractivity contribution in [1.82, 2.24) is 0 Å². The Bertz CT molecular complexity index is 579. The van der Waals surface area contributed by atoms with Gasteiger partial charge in [-0.2, -0.15) is 4.74 Å². The third kappa shape index (κ3) is 3.80. The molecule has 0 aliphatic carbocycles. The van der Waals surface area contributed by atoms with Crippen LogP contribution in [-0.4, -0.2) is 24.9 Å². The molecule has 0 atom stereocenters. The zero-order valence-corrected chi connectivity index (χ0v) is 11.0. The van der Waals surface area contributed by atoms with Crippen LogP contribution >= 0.6 is 0 Å². The van der Waals surface area contributed by atoms with Crippen LogP contribution in [0.2, 0.25) is 0 Å². The van der Waals surface area contributed by atoms with E-state index in [0.29, 0.717) is 21.7 Å². The Morgan fingerprint density at radius 1 is 1.10 bits per heavy atom. The summed E-state index contributed by atoms with van der Waals surface area (Å²) in [6.07, 6.45) is 1.41. The van der Waals surface area contributed by atoms with E-state index in [2.05, 4.69) is 0 Å². The molecular formula is C15H14FNO3. The van der Waals surface area contributed by atoms with E-state index in [4.69, 9.17) is 9.47 Å². The highest BCUT2D eigenvalue weighted by Crippen LogP contribution is 2.14. The fraction of sp³-hybridized carbons (Fsp3) is 0.133. The van der Waals surface area contributed by atoms with Crippen molar-refractivity contribution in [2.45, 2.75) is 0 Å². The highest BCUT2D eigenvalue weighted by atomic mass is 19.1. The van der Waals surface area contributed by atoms with E-state index in [9.17, 15) is 9.60 Å². The van der Waals surface area contributed by atoms with Crippen molar-refractivity contribution in [3.05, 3.63) is 65.1 Å². The number of benzene rings is 2. The van der Waals surface area contributed by atoms with E-state index >= 15 is 0 Å². The summed E-state index contributed by atoms with van der Waals surface area (Å²) < 4.78 is 23.5. The first-order valence-corrected chi connectivity index (χ1v) is 5.97. The first-order valence-electron chi connectivity index (χ1n) is 5.97. The molecule has 0 saturated carbocycles. The van der Waals surface area contributed by atoms with Gasteiger partial charge in [-0.25, -0.2) is 4.39 Å². The maximum Gasteiger partial charge on any atom is 0.216 e. The van der Waals surface area contributed by atoms with E-state index in [1.54, 1.807) is 31.4 Å². The predicted molar refractivity (Wildman–Crippen MR) is 73.8 cm³/mol. The Morgan fingerprint density at radius 3 is 2.35 bits per heavy atom. The number of hydrogen-bond donors (Lipinski definition) is 0. The minimum Gasteiger partial charge on any atom is -0.618 e. The Labute approximate surface area is 116 Å². The topological polar surface area (TPSA) is 44.5 Å². The van der Waals surface area contributed by atoms with Gasteiger partial charge < -0.3 is 14.7 Å². The zero-order chi connectivity index (χ0) is 14.4. The molecule has 0 fully saturated rings. The number of ether oxygens (including phenoxy) is 2. The van der Waals surface area contributed by atoms with Crippen LogP contribution in [0.4, 0.5) is 10.1 Å². The third-order valence-electron chi connectivity index (χ3n) is 2.57. The smallest absolute Gasteiger partial charge is 0.216 e. The molecule has 2 rings (SSSR count). The second-order valence-electron chi connectivity index (χ2n) is 4.05. The van der Waals surface area contributed by atoms with E-state index in [1.807, 2.05) is 0 Å². The molecule has 0 aromatic heterocycles. The summed E-state index contributed by atoms with van der Waals surface area (Å²) in [5.41, 5.74) is 1.08. The van der Waals surface area contributed by atoms with E-state index in [0.717, 1.165) is 0 Å². The second kappa shape index (κ2) is 6.68. The van der Waals surface area contributed by atoms with Crippen molar-refractivity contribution in [3.63, 3.8) is 0 Å². The summed E-state index contributed by atoms with van der Waals surface area (Å²) in [4.78, 5) is 0. The van der Waals surface area contributed by atoms with Gasteiger partial charge in [0, 0.05) is 24.8 Å². The fourth-order valence-electron chi connectivity index (χ4n) is 1.58. The molecular weight excluding hydrogens is 261 g/mol. The Hall–Kier alpha value is -2.40. The third-order valence-corrected chi connectivity index (χ3v) is 2.57. The van der Waals surface area contributed by atoms with Crippen molar-refractivity contribution < 1.29 is 18.6 Å². The predicted octanol–water partition coefficient (Wildman–Crippen LogP) is 3.07. The molecule has 4 nitrogen and oxygen atoms in total. The molecule has 0 aliphatic heterocycles. The molecule has 2 aromatic rings. The van der Waals surface area contributed by atoms with Crippen molar-refractivity contribution in [1.29, 1.82) is 0 Å². The van der Waals surface area contributed by atoms with Crippen LogP contribution in [0, 0.1) is 11.0 Å². The van der Waals surface area contributed by atoms with Crippen molar-refractivity contribution in [2.75, 3.05) is 13.9 Å². The van der Waals surface area contributed by atoms with E-state index < -0.39 is 0 Å². The standard InChI is InChI=1S/C15H14FNO3/c1-19-11-20-15-8-2-12(3-9-15)10-17(18)14-6-4-13(16)5-7-14/h2-10H,11H2,1H3/b17-10-. The summed E-state index contributed by atoms with van der Waals surface area (Å²) in [5.74, 6) is 0.282. The van der Waals surface area contributed by atoms with Gasteiger partial charge >= 0.3 is 0 Å². The van der Waals surface area contributed by atoms with Crippen molar-refractivity contribution >= 4 is 11.9 Å². The lowest BCUT2D eigenvalue weighted by Crippen LogP contribution is -2.00. The van der Waals surface area contributed by atoms with Crippen LogP contribution in [0.5, 0.6) is 5.75 Å². The monoisotopic (exact) mass is 275 g/mol. The fourth-order valence-corrected chi connectivity index (χ4v) is 1.58. The number of hydrogen-bond acceptors (Lipinski definition) is 3. The lowest BCUT2D eigenvalue weighted by Gasteiger charge is -2.05. The molecule has 0 bridgehead atoms. The largest absolute Gasteiger partial charge is 0.618 e. The van der Waals surface area contributed by atoms with E-state index in [-0.39, 0.29) is 12.6 Å². The number of methoxy groups -OCH3 is 1. The Balaban J connectivity index is 2.11. The number of nitrogens with zero attached hydrogens (tertiary/aromatic N) is 1. The lowest BCUT2D eigenvalue weighted by molar-refractivity contribution is -0.354. The van der Waals surface area contributed by atoms with Crippen molar-refractivity contribution in [3.8, 4) is 5.75 Å². The molecule has 104 valence electrons. The average molecular weight is 275 g/mol. The first kappa shape index (κ1) is 14.0. The molecule has 0 radical (unpaired) electrons. The van der Waals surface area contributed by atoms with Gasteiger partial charge in [-0.1, -0.05) is 0 Å². The van der Waals surface area contributed by atoms with Gasteiger partial charge in [-0.15, -0.1) is 0 Å². The van der Waals surface area contributed by atoms with Gasteiger partial charge in [0.15, 0.2) is 13.0 Å². The summed E-state index contributed by atoms with van der Waals surface area (Å²) >= 11 is 0. The van der Waals surface area contributed by atoms with Gasteiger partial charge in [0.05, 0.1) is 0 Å².